The summed E-state index contributed by atoms with van der Waals surface area (Å²) >= 11 is 0. The fourth-order valence-corrected chi connectivity index (χ4v) is 2.19. The SMILES string of the molecule is CC(N)C(=O)NCCCCCN1CCCCC1.Cl. The molecule has 1 rings (SSSR count). The molecule has 5 heteroatoms. The van der Waals surface area contributed by atoms with E-state index in [1.807, 2.05) is 0 Å². The summed E-state index contributed by atoms with van der Waals surface area (Å²) in [5.41, 5.74) is 5.46. The number of rotatable bonds is 7. The lowest BCUT2D eigenvalue weighted by Crippen LogP contribution is -2.38. The molecule has 4 nitrogen and oxygen atoms in total. The van der Waals surface area contributed by atoms with Crippen molar-refractivity contribution in [3.8, 4) is 0 Å². The summed E-state index contributed by atoms with van der Waals surface area (Å²) < 4.78 is 0. The number of nitrogens with two attached hydrogens (primary N) is 1. The zero-order valence-electron chi connectivity index (χ0n) is 11.5. The normalized spacial score (nSPS) is 17.9. The van der Waals surface area contributed by atoms with Crippen LogP contribution in [0.2, 0.25) is 0 Å². The molecule has 18 heavy (non-hydrogen) atoms. The Kier molecular flexibility index (Phi) is 10.4. The van der Waals surface area contributed by atoms with Gasteiger partial charge in [-0.15, -0.1) is 12.4 Å². The Labute approximate surface area is 117 Å². The molecule has 0 spiro atoms. The van der Waals surface area contributed by atoms with Crippen LogP contribution in [0.25, 0.3) is 0 Å². The van der Waals surface area contributed by atoms with Crippen LogP contribution in [-0.2, 0) is 4.79 Å². The molecule has 1 atom stereocenters. The number of unbranched alkanes of at least 4 members (excludes halogenated alkanes) is 2. The van der Waals surface area contributed by atoms with Gasteiger partial charge < -0.3 is 16.0 Å². The molecule has 108 valence electrons. The van der Waals surface area contributed by atoms with Crippen LogP contribution in [0.5, 0.6) is 0 Å². The zero-order chi connectivity index (χ0) is 12.5. The largest absolute Gasteiger partial charge is 0.355 e. The number of piperidine rings is 1. The summed E-state index contributed by atoms with van der Waals surface area (Å²) in [6.07, 6.45) is 7.63. The first-order valence-electron chi connectivity index (χ1n) is 6.96. The quantitative estimate of drug-likeness (QED) is 0.694. The minimum absolute atomic E-state index is 0. The van der Waals surface area contributed by atoms with E-state index in [0.717, 1.165) is 13.0 Å². The first-order chi connectivity index (χ1) is 8.20. The van der Waals surface area contributed by atoms with Crippen molar-refractivity contribution in [1.29, 1.82) is 0 Å². The topological polar surface area (TPSA) is 58.4 Å². The molecule has 0 aromatic carbocycles. The second kappa shape index (κ2) is 10.6. The molecule has 1 heterocycles. The van der Waals surface area contributed by atoms with Gasteiger partial charge >= 0.3 is 0 Å². The molecule has 0 bridgehead atoms. The highest BCUT2D eigenvalue weighted by molar-refractivity contribution is 5.85. The highest BCUT2D eigenvalue weighted by Gasteiger charge is 2.09. The van der Waals surface area contributed by atoms with Crippen LogP contribution in [0.3, 0.4) is 0 Å². The molecule has 0 aliphatic carbocycles. The first kappa shape index (κ1) is 17.7. The maximum absolute atomic E-state index is 11.2. The van der Waals surface area contributed by atoms with E-state index in [1.54, 1.807) is 6.92 Å². The lowest BCUT2D eigenvalue weighted by Gasteiger charge is -2.26. The van der Waals surface area contributed by atoms with Crippen LogP contribution < -0.4 is 11.1 Å². The predicted molar refractivity (Wildman–Crippen MR) is 78.0 cm³/mol. The average molecular weight is 278 g/mol. The van der Waals surface area contributed by atoms with Crippen molar-refractivity contribution in [2.45, 2.75) is 51.5 Å². The smallest absolute Gasteiger partial charge is 0.236 e. The molecule has 1 amide bonds. The molecule has 0 radical (unpaired) electrons. The summed E-state index contributed by atoms with van der Waals surface area (Å²) in [4.78, 5) is 13.7. The summed E-state index contributed by atoms with van der Waals surface area (Å²) in [7, 11) is 0. The Morgan fingerprint density at radius 3 is 2.50 bits per heavy atom. The van der Waals surface area contributed by atoms with Crippen molar-refractivity contribution in [3.05, 3.63) is 0 Å². The number of amides is 1. The van der Waals surface area contributed by atoms with Gasteiger partial charge in [0.05, 0.1) is 6.04 Å². The highest BCUT2D eigenvalue weighted by Crippen LogP contribution is 2.09. The molecule has 1 saturated heterocycles. The van der Waals surface area contributed by atoms with Gasteiger partial charge in [-0.2, -0.15) is 0 Å². The van der Waals surface area contributed by atoms with Crippen molar-refractivity contribution in [2.75, 3.05) is 26.2 Å². The van der Waals surface area contributed by atoms with Gasteiger partial charge in [0.15, 0.2) is 0 Å². The van der Waals surface area contributed by atoms with Crippen molar-refractivity contribution < 1.29 is 4.79 Å². The van der Waals surface area contributed by atoms with Crippen molar-refractivity contribution in [2.24, 2.45) is 5.73 Å². The van der Waals surface area contributed by atoms with Gasteiger partial charge in [-0.1, -0.05) is 12.8 Å². The summed E-state index contributed by atoms with van der Waals surface area (Å²) in [5.74, 6) is -0.0407. The lowest BCUT2D eigenvalue weighted by molar-refractivity contribution is -0.121. The molecule has 0 saturated carbocycles. The van der Waals surface area contributed by atoms with Crippen LogP contribution in [0, 0.1) is 0 Å². The van der Waals surface area contributed by atoms with Crippen molar-refractivity contribution >= 4 is 18.3 Å². The van der Waals surface area contributed by atoms with Gasteiger partial charge in [-0.05, 0) is 52.2 Å². The van der Waals surface area contributed by atoms with Gasteiger partial charge in [0.1, 0.15) is 0 Å². The Morgan fingerprint density at radius 2 is 1.89 bits per heavy atom. The van der Waals surface area contributed by atoms with Crippen LogP contribution >= 0.6 is 12.4 Å². The maximum atomic E-state index is 11.2. The van der Waals surface area contributed by atoms with Crippen molar-refractivity contribution in [3.63, 3.8) is 0 Å². The number of carbonyl (C=O) groups excluding carboxylic acids is 1. The monoisotopic (exact) mass is 277 g/mol. The summed E-state index contributed by atoms with van der Waals surface area (Å²) in [6.45, 7) is 6.26. The lowest BCUT2D eigenvalue weighted by atomic mass is 10.1. The van der Waals surface area contributed by atoms with Gasteiger partial charge in [0.2, 0.25) is 5.91 Å². The number of nitrogens with one attached hydrogen (secondary N) is 1. The Hall–Kier alpha value is -0.320. The first-order valence-corrected chi connectivity index (χ1v) is 6.96. The molecule has 1 fully saturated rings. The zero-order valence-corrected chi connectivity index (χ0v) is 12.3. The van der Waals surface area contributed by atoms with E-state index in [-0.39, 0.29) is 24.4 Å². The van der Waals surface area contributed by atoms with E-state index in [9.17, 15) is 4.79 Å². The van der Waals surface area contributed by atoms with Crippen LogP contribution in [0.4, 0.5) is 0 Å². The third kappa shape index (κ3) is 7.90. The molecule has 0 aromatic heterocycles. The minimum Gasteiger partial charge on any atom is -0.355 e. The average Bonchev–Trinajstić information content (AvgIpc) is 2.34. The molecule has 0 aromatic rings. The van der Waals surface area contributed by atoms with E-state index in [4.69, 9.17) is 5.73 Å². The number of carbonyl (C=O) groups is 1. The second-order valence-corrected chi connectivity index (χ2v) is 5.04. The number of nitrogens with zero attached hydrogens (tertiary/aromatic N) is 1. The second-order valence-electron chi connectivity index (χ2n) is 5.04. The molecule has 1 unspecified atom stereocenters. The van der Waals surface area contributed by atoms with Gasteiger partial charge in [-0.25, -0.2) is 0 Å². The van der Waals surface area contributed by atoms with Crippen LogP contribution in [0.15, 0.2) is 0 Å². The standard InChI is InChI=1S/C13H27N3O.ClH/c1-12(14)13(17)15-8-4-2-5-9-16-10-6-3-7-11-16;/h12H,2-11,14H2,1H3,(H,15,17);1H. The van der Waals surface area contributed by atoms with E-state index >= 15 is 0 Å². The van der Waals surface area contributed by atoms with E-state index in [0.29, 0.717) is 0 Å². The van der Waals surface area contributed by atoms with Gasteiger partial charge in [-0.3, -0.25) is 4.79 Å². The van der Waals surface area contributed by atoms with Gasteiger partial charge in [0.25, 0.3) is 0 Å². The molecular formula is C13H28ClN3O. The molecular weight excluding hydrogens is 250 g/mol. The Morgan fingerprint density at radius 1 is 1.22 bits per heavy atom. The Balaban J connectivity index is 0.00000289. The predicted octanol–water partition coefficient (Wildman–Crippen LogP) is 1.53. The van der Waals surface area contributed by atoms with Crippen LogP contribution in [-0.4, -0.2) is 43.0 Å². The summed E-state index contributed by atoms with van der Waals surface area (Å²) in [6, 6.07) is -0.386. The number of hydrogen-bond donors (Lipinski definition) is 2. The highest BCUT2D eigenvalue weighted by atomic mass is 35.5. The van der Waals surface area contributed by atoms with E-state index in [2.05, 4.69) is 10.2 Å². The number of halogens is 1. The number of hydrogen-bond acceptors (Lipinski definition) is 3. The molecule has 3 N–H and O–H groups in total. The minimum atomic E-state index is -0.386. The maximum Gasteiger partial charge on any atom is 0.236 e. The third-order valence-electron chi connectivity index (χ3n) is 3.31. The van der Waals surface area contributed by atoms with Gasteiger partial charge in [0, 0.05) is 6.54 Å². The number of likely N-dealkylation sites (tertiary alicyclic amines) is 1. The van der Waals surface area contributed by atoms with E-state index < -0.39 is 0 Å². The molecule has 1 aliphatic heterocycles. The fourth-order valence-electron chi connectivity index (χ4n) is 2.19. The van der Waals surface area contributed by atoms with Crippen LogP contribution in [0.1, 0.15) is 45.4 Å². The molecule has 1 aliphatic rings. The van der Waals surface area contributed by atoms with E-state index in [1.165, 1.54) is 51.7 Å². The third-order valence-corrected chi connectivity index (χ3v) is 3.31. The summed E-state index contributed by atoms with van der Waals surface area (Å²) in [5, 5.41) is 2.84. The Bertz CT molecular complexity index is 218. The fraction of sp³-hybridized carbons (Fsp3) is 0.923. The van der Waals surface area contributed by atoms with Crippen molar-refractivity contribution in [1.82, 2.24) is 10.2 Å².